The third-order valence-electron chi connectivity index (χ3n) is 7.27. The minimum absolute atomic E-state index is 0.0428. The van der Waals surface area contributed by atoms with Gasteiger partial charge >= 0.3 is 6.09 Å². The molecule has 12 nitrogen and oxygen atoms in total. The predicted molar refractivity (Wildman–Crippen MR) is 141 cm³/mol. The summed E-state index contributed by atoms with van der Waals surface area (Å²) in [6, 6.07) is 3.40. The molecule has 5 rings (SSSR count). The van der Waals surface area contributed by atoms with Crippen LogP contribution in [0.25, 0.3) is 16.9 Å². The first-order chi connectivity index (χ1) is 18.1. The first-order valence-electron chi connectivity index (χ1n) is 13.1. The molecule has 4 atom stereocenters. The number of ether oxygens (including phenoxy) is 1. The minimum Gasteiger partial charge on any atom is -0.444 e. The summed E-state index contributed by atoms with van der Waals surface area (Å²) in [7, 11) is 0. The van der Waals surface area contributed by atoms with Gasteiger partial charge in [0.2, 0.25) is 5.43 Å². The Labute approximate surface area is 220 Å². The summed E-state index contributed by atoms with van der Waals surface area (Å²) in [4.78, 5) is 39.5. The molecule has 3 N–H and O–H groups in total. The molecule has 0 aromatic carbocycles. The third kappa shape index (κ3) is 4.85. The number of nitrogens with one attached hydrogen (secondary N) is 1. The maximum atomic E-state index is 14.0. The monoisotopic (exact) mass is 525 g/mol. The lowest BCUT2D eigenvalue weighted by atomic mass is 9.81. The van der Waals surface area contributed by atoms with Crippen molar-refractivity contribution in [2.75, 3.05) is 24.6 Å². The zero-order valence-electron chi connectivity index (χ0n) is 22.2. The number of hydrogen-bond donors (Lipinski definition) is 3. The molecule has 1 aliphatic heterocycles. The van der Waals surface area contributed by atoms with E-state index in [1.165, 1.54) is 4.80 Å². The molecule has 1 saturated carbocycles. The smallest absolute Gasteiger partial charge is 0.410 e. The quantitative estimate of drug-likeness (QED) is 0.439. The van der Waals surface area contributed by atoms with Crippen molar-refractivity contribution >= 4 is 22.9 Å². The molecule has 3 aromatic rings. The second-order valence-electron chi connectivity index (χ2n) is 11.2. The number of carbonyl (C=O) groups excluding carboxylic acids is 1. The highest BCUT2D eigenvalue weighted by Crippen LogP contribution is 2.39. The molecule has 1 amide bonds. The van der Waals surface area contributed by atoms with Gasteiger partial charge in [-0.25, -0.2) is 4.79 Å². The largest absolute Gasteiger partial charge is 0.444 e. The van der Waals surface area contributed by atoms with Crippen molar-refractivity contribution in [1.29, 1.82) is 0 Å². The van der Waals surface area contributed by atoms with Gasteiger partial charge in [-0.3, -0.25) is 9.78 Å². The number of H-pyrrole nitrogens is 1. The molecule has 1 aliphatic carbocycles. The Morgan fingerprint density at radius 1 is 1.18 bits per heavy atom. The van der Waals surface area contributed by atoms with E-state index in [0.717, 1.165) is 12.8 Å². The number of pyridine rings is 2. The third-order valence-corrected chi connectivity index (χ3v) is 7.27. The van der Waals surface area contributed by atoms with Gasteiger partial charge in [-0.05, 0) is 52.2 Å². The van der Waals surface area contributed by atoms with E-state index in [4.69, 9.17) is 4.74 Å². The van der Waals surface area contributed by atoms with Crippen LogP contribution in [-0.2, 0) is 4.74 Å². The normalized spacial score (nSPS) is 21.1. The fourth-order valence-corrected chi connectivity index (χ4v) is 5.36. The highest BCUT2D eigenvalue weighted by Gasteiger charge is 2.47. The number of amides is 1. The highest BCUT2D eigenvalue weighted by molar-refractivity contribution is 5.77. The maximum Gasteiger partial charge on any atom is 0.410 e. The van der Waals surface area contributed by atoms with Crippen LogP contribution in [0.15, 0.2) is 29.3 Å². The van der Waals surface area contributed by atoms with Crippen LogP contribution in [0.1, 0.15) is 58.6 Å². The van der Waals surface area contributed by atoms with Crippen LogP contribution in [-0.4, -0.2) is 89.7 Å². The fourth-order valence-electron chi connectivity index (χ4n) is 5.36. The highest BCUT2D eigenvalue weighted by atomic mass is 16.6. The van der Waals surface area contributed by atoms with Gasteiger partial charge in [0.25, 0.3) is 0 Å². The van der Waals surface area contributed by atoms with Crippen molar-refractivity contribution < 1.29 is 19.7 Å². The topological polar surface area (TPSA) is 150 Å². The number of aliphatic hydroxyl groups excluding tert-OH is 2. The standard InChI is InChI=1S/C26H35N7O5/c1-15(13-17(35)14-34)20-22(23(36)21-24(28-20)30-33(29-21)16-7-9-27-10-8-16)31-11-12-32(19-6-5-18(19)31)25(37)38-26(2,3)4/h7-10,15,17-19,34-35H,5-6,11-14H2,1-4H3,(H,28,30)/t15?,17?,18-,19-/m0/s1. The SMILES string of the molecule is CC(CC(O)CO)c1[nH]c2nn(-c3ccncc3)nc2c(=O)c1N1CCN(C(=O)OC(C)(C)C)[C@H]2CC[C@@H]21. The molecule has 0 spiro atoms. The van der Waals surface area contributed by atoms with Gasteiger partial charge in [0.15, 0.2) is 11.2 Å². The van der Waals surface area contributed by atoms with Crippen LogP contribution in [0.5, 0.6) is 0 Å². The van der Waals surface area contributed by atoms with E-state index in [9.17, 15) is 19.8 Å². The molecule has 3 aromatic heterocycles. The number of fused-ring (bicyclic) bond motifs is 2. The summed E-state index contributed by atoms with van der Waals surface area (Å²) in [5.41, 5.74) is 1.49. The number of aromatic amines is 1. The van der Waals surface area contributed by atoms with Crippen molar-refractivity contribution in [3.63, 3.8) is 0 Å². The van der Waals surface area contributed by atoms with Crippen molar-refractivity contribution in [2.24, 2.45) is 0 Å². The summed E-state index contributed by atoms with van der Waals surface area (Å²) in [5.74, 6) is -0.280. The van der Waals surface area contributed by atoms with Crippen LogP contribution >= 0.6 is 0 Å². The Morgan fingerprint density at radius 2 is 1.89 bits per heavy atom. The van der Waals surface area contributed by atoms with Crippen LogP contribution in [0.3, 0.4) is 0 Å². The Balaban J connectivity index is 1.55. The first kappa shape index (κ1) is 26.1. The average Bonchev–Trinajstić information content (AvgIpc) is 3.28. The number of nitrogens with zero attached hydrogens (tertiary/aromatic N) is 6. The average molecular weight is 526 g/mol. The van der Waals surface area contributed by atoms with Gasteiger partial charge in [-0.1, -0.05) is 6.92 Å². The molecule has 38 heavy (non-hydrogen) atoms. The zero-order chi connectivity index (χ0) is 27.2. The summed E-state index contributed by atoms with van der Waals surface area (Å²) in [5, 5.41) is 28.6. The zero-order valence-corrected chi connectivity index (χ0v) is 22.2. The van der Waals surface area contributed by atoms with E-state index in [1.807, 2.05) is 27.7 Å². The molecule has 1 saturated heterocycles. The van der Waals surface area contributed by atoms with E-state index in [1.54, 1.807) is 29.4 Å². The van der Waals surface area contributed by atoms with Crippen molar-refractivity contribution in [2.45, 2.75) is 76.7 Å². The number of hydrogen-bond acceptors (Lipinski definition) is 9. The van der Waals surface area contributed by atoms with Crippen LogP contribution in [0.2, 0.25) is 0 Å². The van der Waals surface area contributed by atoms with Crippen molar-refractivity contribution in [3.05, 3.63) is 40.4 Å². The van der Waals surface area contributed by atoms with Gasteiger partial charge in [0.1, 0.15) is 11.3 Å². The molecule has 2 aliphatic rings. The first-order valence-corrected chi connectivity index (χ1v) is 13.1. The molecule has 0 bridgehead atoms. The van der Waals surface area contributed by atoms with Crippen molar-refractivity contribution in [1.82, 2.24) is 29.9 Å². The van der Waals surface area contributed by atoms with Gasteiger partial charge in [-0.15, -0.1) is 15.0 Å². The Morgan fingerprint density at radius 3 is 2.53 bits per heavy atom. The molecule has 0 radical (unpaired) electrons. The number of rotatable bonds is 6. The van der Waals surface area contributed by atoms with Crippen LogP contribution in [0, 0.1) is 0 Å². The Bertz CT molecular complexity index is 1370. The molecule has 12 heteroatoms. The van der Waals surface area contributed by atoms with Crippen LogP contribution in [0.4, 0.5) is 10.5 Å². The van der Waals surface area contributed by atoms with Gasteiger partial charge in [0, 0.05) is 43.1 Å². The Hall–Kier alpha value is -3.51. The number of aliphatic hydroxyl groups is 2. The molecule has 204 valence electrons. The lowest BCUT2D eigenvalue weighted by molar-refractivity contribution is -0.00452. The van der Waals surface area contributed by atoms with Gasteiger partial charge < -0.3 is 29.7 Å². The van der Waals surface area contributed by atoms with Gasteiger partial charge in [-0.2, -0.15) is 0 Å². The Kier molecular flexibility index (Phi) is 6.86. The molecular formula is C26H35N7O5. The lowest BCUT2D eigenvalue weighted by Crippen LogP contribution is -2.67. The van der Waals surface area contributed by atoms with E-state index in [2.05, 4.69) is 25.1 Å². The van der Waals surface area contributed by atoms with Crippen molar-refractivity contribution in [3.8, 4) is 5.69 Å². The summed E-state index contributed by atoms with van der Waals surface area (Å²) < 4.78 is 5.64. The summed E-state index contributed by atoms with van der Waals surface area (Å²) >= 11 is 0. The molecule has 2 unspecified atom stereocenters. The number of carbonyl (C=O) groups is 1. The molecular weight excluding hydrogens is 490 g/mol. The van der Waals surface area contributed by atoms with E-state index in [0.29, 0.717) is 35.8 Å². The second kappa shape index (κ2) is 9.99. The van der Waals surface area contributed by atoms with E-state index in [-0.39, 0.29) is 48.1 Å². The predicted octanol–water partition coefficient (Wildman–Crippen LogP) is 1.94. The second-order valence-corrected chi connectivity index (χ2v) is 11.2. The van der Waals surface area contributed by atoms with Gasteiger partial charge in [0.05, 0.1) is 24.4 Å². The lowest BCUT2D eigenvalue weighted by Gasteiger charge is -2.54. The van der Waals surface area contributed by atoms with E-state index >= 15 is 0 Å². The molecule has 4 heterocycles. The number of aromatic nitrogens is 5. The maximum absolute atomic E-state index is 14.0. The summed E-state index contributed by atoms with van der Waals surface area (Å²) in [6.45, 7) is 7.96. The minimum atomic E-state index is -0.926. The van der Waals surface area contributed by atoms with E-state index < -0.39 is 11.7 Å². The molecule has 2 fully saturated rings. The van der Waals surface area contributed by atoms with Crippen LogP contribution < -0.4 is 10.3 Å². The number of piperazine rings is 1. The number of anilines is 1. The summed E-state index contributed by atoms with van der Waals surface area (Å²) in [6.07, 6.45) is 3.91. The fraction of sp³-hybridized carbons (Fsp3) is 0.577.